The lowest BCUT2D eigenvalue weighted by atomic mass is 9.89. The molecule has 0 aromatic heterocycles. The van der Waals surface area contributed by atoms with Gasteiger partial charge in [-0.3, -0.25) is 28.9 Å². The molecule has 2 rings (SSSR count). The van der Waals surface area contributed by atoms with Crippen molar-refractivity contribution in [3.63, 3.8) is 0 Å². The Kier molecular flexibility index (Phi) is 22.8. The Balaban J connectivity index is 2.28. The van der Waals surface area contributed by atoms with Crippen molar-refractivity contribution < 1.29 is 38.2 Å². The third-order valence-electron chi connectivity index (χ3n) is 11.9. The highest BCUT2D eigenvalue weighted by molar-refractivity contribution is 5.90. The number of carbonyl (C=O) groups excluding carboxylic acids is 5. The van der Waals surface area contributed by atoms with E-state index in [0.717, 1.165) is 18.4 Å². The van der Waals surface area contributed by atoms with Crippen LogP contribution < -0.4 is 16.0 Å². The monoisotopic (exact) mass is 845 g/mol. The first-order valence-electron chi connectivity index (χ1n) is 22.1. The van der Waals surface area contributed by atoms with Gasteiger partial charge in [-0.25, -0.2) is 0 Å². The molecule has 1 aliphatic heterocycles. The van der Waals surface area contributed by atoms with E-state index in [2.05, 4.69) is 16.0 Å². The average molecular weight is 845 g/mol. The highest BCUT2D eigenvalue weighted by atomic mass is 16.5. The Hall–Kier alpha value is -3.59. The Labute approximate surface area is 361 Å². The summed E-state index contributed by atoms with van der Waals surface area (Å²) >= 11 is 0. The van der Waals surface area contributed by atoms with Gasteiger partial charge in [-0.05, 0) is 70.5 Å². The van der Waals surface area contributed by atoms with Crippen LogP contribution in [-0.4, -0.2) is 148 Å². The number of ether oxygens (including phenoxy) is 3. The number of nitrogens with zero attached hydrogens (tertiary/aromatic N) is 3. The molecule has 0 bridgehead atoms. The maximum atomic E-state index is 14.4. The van der Waals surface area contributed by atoms with Gasteiger partial charge < -0.3 is 40.0 Å². The minimum atomic E-state index is -0.819. The molecule has 1 saturated heterocycles. The average Bonchev–Trinajstić information content (AvgIpc) is 3.68. The molecule has 1 aliphatic rings. The van der Waals surface area contributed by atoms with Gasteiger partial charge in [0.15, 0.2) is 0 Å². The molecule has 1 aromatic rings. The number of likely N-dealkylation sites (tertiary alicyclic amines) is 1. The summed E-state index contributed by atoms with van der Waals surface area (Å²) in [5.74, 6) is -2.11. The van der Waals surface area contributed by atoms with E-state index in [0.29, 0.717) is 39.0 Å². The Bertz CT molecular complexity index is 1470. The van der Waals surface area contributed by atoms with Gasteiger partial charge in [-0.15, -0.1) is 0 Å². The molecule has 1 heterocycles. The largest absolute Gasteiger partial charge is 0.379 e. The quantitative estimate of drug-likeness (QED) is 0.116. The van der Waals surface area contributed by atoms with Gasteiger partial charge in [0.1, 0.15) is 12.1 Å². The number of hydrogen-bond donors (Lipinski definition) is 3. The molecule has 0 unspecified atom stereocenters. The Morgan fingerprint density at radius 1 is 0.850 bits per heavy atom. The number of benzene rings is 1. The van der Waals surface area contributed by atoms with Gasteiger partial charge in [0.2, 0.25) is 29.5 Å². The fraction of sp³-hybridized carbons (Fsp3) is 0.761. The van der Waals surface area contributed by atoms with Crippen molar-refractivity contribution in [2.24, 2.45) is 23.7 Å². The number of carbonyl (C=O) groups is 5. The Morgan fingerprint density at radius 2 is 1.50 bits per heavy atom. The maximum Gasteiger partial charge on any atom is 0.245 e. The molecule has 14 nitrogen and oxygen atoms in total. The molecule has 0 radical (unpaired) electrons. The second kappa shape index (κ2) is 26.0. The predicted molar refractivity (Wildman–Crippen MR) is 236 cm³/mol. The van der Waals surface area contributed by atoms with Crippen LogP contribution in [0.2, 0.25) is 0 Å². The van der Waals surface area contributed by atoms with Gasteiger partial charge in [-0.1, -0.05) is 85.2 Å². The summed E-state index contributed by atoms with van der Waals surface area (Å²) in [6.07, 6.45) is 1.87. The standard InChI is InChI=1S/C46H80N6O8/c1-15-32(8)41(51(12)46(57)39(29(2)3)49-45(56)40(30(4)5)50(10)11)37(58-13)28-38(53)52-25-19-23-36(52)42(59-14)33(9)43(54)48-35(27-34-21-17-16-18-22-34)44(55)47-24-20-26-60-31(6)7/h16-18,21-22,29-33,35-37,39-42H,15,19-20,23-28H2,1-14H3,(H,47,55)(H,48,54)(H,49,56)/t32-,33+,35-,36-,37+,39-,40-,41-,42+/m0/s1. The Morgan fingerprint density at radius 3 is 2.03 bits per heavy atom. The van der Waals surface area contributed by atoms with E-state index in [1.54, 1.807) is 38.0 Å². The molecule has 342 valence electrons. The van der Waals surface area contributed by atoms with Gasteiger partial charge in [-0.2, -0.15) is 0 Å². The van der Waals surface area contributed by atoms with Crippen LogP contribution in [0.5, 0.6) is 0 Å². The fourth-order valence-electron chi connectivity index (χ4n) is 8.50. The highest BCUT2D eigenvalue weighted by Gasteiger charge is 2.43. The molecule has 0 saturated carbocycles. The van der Waals surface area contributed by atoms with Crippen molar-refractivity contribution in [3.8, 4) is 0 Å². The summed E-state index contributed by atoms with van der Waals surface area (Å²) in [4.78, 5) is 74.9. The lowest BCUT2D eigenvalue weighted by Gasteiger charge is -2.41. The SMILES string of the molecule is CC[C@H](C)[C@@H]([C@@H](CC(=O)N1CCC[C@H]1[C@H](OC)[C@@H](C)C(=O)N[C@@H](Cc1ccccc1)C(=O)NCCCOC(C)C)OC)N(C)C(=O)[C@@H](NC(=O)[C@H](C(C)C)N(C)C)C(C)C. The normalized spacial score (nSPS) is 18.4. The second-order valence-corrected chi connectivity index (χ2v) is 17.8. The first-order chi connectivity index (χ1) is 28.3. The summed E-state index contributed by atoms with van der Waals surface area (Å²) in [6.45, 7) is 19.0. The summed E-state index contributed by atoms with van der Waals surface area (Å²) < 4.78 is 17.7. The maximum absolute atomic E-state index is 14.4. The zero-order valence-electron chi connectivity index (χ0n) is 39.3. The van der Waals surface area contributed by atoms with E-state index in [1.165, 1.54) is 0 Å². The third-order valence-corrected chi connectivity index (χ3v) is 11.9. The zero-order chi connectivity index (χ0) is 45.3. The molecule has 14 heteroatoms. The van der Waals surface area contributed by atoms with Gasteiger partial charge in [0.05, 0.1) is 48.8 Å². The van der Waals surface area contributed by atoms with Crippen molar-refractivity contribution in [1.29, 1.82) is 0 Å². The number of likely N-dealkylation sites (N-methyl/N-ethyl adjacent to an activating group) is 2. The van der Waals surface area contributed by atoms with Crippen LogP contribution in [0.4, 0.5) is 0 Å². The summed E-state index contributed by atoms with van der Waals surface area (Å²) in [6, 6.07) is 6.69. The predicted octanol–water partition coefficient (Wildman–Crippen LogP) is 4.29. The van der Waals surface area contributed by atoms with Crippen LogP contribution in [0.25, 0.3) is 0 Å². The number of hydrogen-bond acceptors (Lipinski definition) is 9. The summed E-state index contributed by atoms with van der Waals surface area (Å²) in [7, 11) is 8.55. The van der Waals surface area contributed by atoms with Crippen molar-refractivity contribution in [1.82, 2.24) is 30.7 Å². The van der Waals surface area contributed by atoms with Gasteiger partial charge in [0.25, 0.3) is 0 Å². The van der Waals surface area contributed by atoms with Gasteiger partial charge in [0, 0.05) is 47.4 Å². The van der Waals surface area contributed by atoms with Crippen LogP contribution >= 0.6 is 0 Å². The van der Waals surface area contributed by atoms with E-state index >= 15 is 0 Å². The molecule has 9 atom stereocenters. The highest BCUT2D eigenvalue weighted by Crippen LogP contribution is 2.30. The topological polar surface area (TPSA) is 159 Å². The van der Waals surface area contributed by atoms with Crippen LogP contribution in [-0.2, 0) is 44.6 Å². The van der Waals surface area contributed by atoms with Gasteiger partial charge >= 0.3 is 0 Å². The molecular weight excluding hydrogens is 765 g/mol. The lowest BCUT2D eigenvalue weighted by Crippen LogP contribution is -2.59. The summed E-state index contributed by atoms with van der Waals surface area (Å²) in [5, 5.41) is 9.00. The van der Waals surface area contributed by atoms with E-state index in [4.69, 9.17) is 14.2 Å². The van der Waals surface area contributed by atoms with Crippen molar-refractivity contribution in [2.45, 2.75) is 149 Å². The minimum Gasteiger partial charge on any atom is -0.379 e. The second-order valence-electron chi connectivity index (χ2n) is 17.8. The zero-order valence-corrected chi connectivity index (χ0v) is 39.3. The molecule has 5 amide bonds. The lowest BCUT2D eigenvalue weighted by molar-refractivity contribution is -0.148. The number of nitrogens with one attached hydrogen (secondary N) is 3. The van der Waals surface area contributed by atoms with Crippen LogP contribution in [0.1, 0.15) is 100.0 Å². The minimum absolute atomic E-state index is 0.00687. The number of amides is 5. The number of methoxy groups -OCH3 is 2. The van der Waals surface area contributed by atoms with E-state index in [9.17, 15) is 24.0 Å². The van der Waals surface area contributed by atoms with Crippen LogP contribution in [0, 0.1) is 23.7 Å². The molecule has 1 fully saturated rings. The molecule has 1 aromatic carbocycles. The molecular formula is C46H80N6O8. The number of rotatable bonds is 26. The molecule has 0 aliphatic carbocycles. The fourth-order valence-corrected chi connectivity index (χ4v) is 8.50. The van der Waals surface area contributed by atoms with Crippen molar-refractivity contribution in [3.05, 3.63) is 35.9 Å². The van der Waals surface area contributed by atoms with E-state index in [1.807, 2.05) is 105 Å². The third kappa shape index (κ3) is 15.4. The van der Waals surface area contributed by atoms with Crippen LogP contribution in [0.3, 0.4) is 0 Å². The van der Waals surface area contributed by atoms with Crippen molar-refractivity contribution >= 4 is 29.5 Å². The van der Waals surface area contributed by atoms with E-state index in [-0.39, 0.29) is 59.8 Å². The van der Waals surface area contributed by atoms with Crippen LogP contribution in [0.15, 0.2) is 30.3 Å². The van der Waals surface area contributed by atoms with E-state index < -0.39 is 48.3 Å². The molecule has 0 spiro atoms. The molecule has 60 heavy (non-hydrogen) atoms. The smallest absolute Gasteiger partial charge is 0.245 e. The first kappa shape index (κ1) is 52.5. The first-order valence-corrected chi connectivity index (χ1v) is 22.1. The van der Waals surface area contributed by atoms with Crippen molar-refractivity contribution in [2.75, 3.05) is 55.1 Å². The summed E-state index contributed by atoms with van der Waals surface area (Å²) in [5.41, 5.74) is 0.911. The molecule has 3 N–H and O–H groups in total.